The van der Waals surface area contributed by atoms with Crippen molar-refractivity contribution >= 4 is 23.5 Å². The van der Waals surface area contributed by atoms with E-state index < -0.39 is 5.41 Å². The van der Waals surface area contributed by atoms with Gasteiger partial charge in [0.25, 0.3) is 0 Å². The van der Waals surface area contributed by atoms with Crippen LogP contribution in [0.5, 0.6) is 0 Å². The van der Waals surface area contributed by atoms with E-state index in [1.165, 1.54) is 0 Å². The third kappa shape index (κ3) is 3.59. The fraction of sp³-hybridized carbons (Fsp3) is 0.800. The molecule has 0 radical (unpaired) electrons. The van der Waals surface area contributed by atoms with Crippen molar-refractivity contribution in [3.63, 3.8) is 0 Å². The number of nitrogens with one attached hydrogen (secondary N) is 1. The van der Waals surface area contributed by atoms with Gasteiger partial charge in [0.1, 0.15) is 5.41 Å². The van der Waals surface area contributed by atoms with E-state index in [0.717, 1.165) is 5.75 Å². The minimum Gasteiger partial charge on any atom is -0.409 e. The minimum atomic E-state index is -0.943. The Morgan fingerprint density at radius 1 is 1.69 bits per heavy atom. The number of nitrogens with zero attached hydrogens (tertiary/aromatic N) is 1. The lowest BCUT2D eigenvalue weighted by molar-refractivity contribution is -0.127. The van der Waals surface area contributed by atoms with Crippen LogP contribution >= 0.6 is 11.8 Å². The largest absolute Gasteiger partial charge is 0.409 e. The van der Waals surface area contributed by atoms with Gasteiger partial charge in [0, 0.05) is 11.8 Å². The first-order chi connectivity index (χ1) is 7.42. The predicted molar refractivity (Wildman–Crippen MR) is 67.8 cm³/mol. The van der Waals surface area contributed by atoms with E-state index in [2.05, 4.69) is 10.5 Å². The number of nitrogens with two attached hydrogens (primary N) is 1. The average Bonchev–Trinajstić information content (AvgIpc) is 2.26. The topological polar surface area (TPSA) is 87.7 Å². The first-order valence-electron chi connectivity index (χ1n) is 5.20. The van der Waals surface area contributed by atoms with Crippen LogP contribution in [0.25, 0.3) is 0 Å². The summed E-state index contributed by atoms with van der Waals surface area (Å²) in [7, 11) is 0. The molecule has 0 rings (SSSR count). The molecule has 0 aromatic heterocycles. The first-order valence-corrected chi connectivity index (χ1v) is 6.59. The Labute approximate surface area is 101 Å². The molecule has 0 heterocycles. The van der Waals surface area contributed by atoms with Crippen LogP contribution in [-0.4, -0.2) is 35.0 Å². The highest BCUT2D eigenvalue weighted by molar-refractivity contribution is 7.98. The highest BCUT2D eigenvalue weighted by Crippen LogP contribution is 2.21. The molecular weight excluding hydrogens is 226 g/mol. The summed E-state index contributed by atoms with van der Waals surface area (Å²) < 4.78 is 0. The predicted octanol–water partition coefficient (Wildman–Crippen LogP) is 1.02. The zero-order chi connectivity index (χ0) is 12.8. The third-order valence-corrected chi connectivity index (χ3v) is 3.51. The summed E-state index contributed by atoms with van der Waals surface area (Å²) in [4.78, 5) is 12.0. The van der Waals surface area contributed by atoms with Crippen molar-refractivity contribution in [3.8, 4) is 0 Å². The second-order valence-electron chi connectivity index (χ2n) is 4.00. The van der Waals surface area contributed by atoms with Crippen LogP contribution in [0.4, 0.5) is 0 Å². The smallest absolute Gasteiger partial charge is 0.233 e. The van der Waals surface area contributed by atoms with Crippen LogP contribution in [0.1, 0.15) is 27.2 Å². The van der Waals surface area contributed by atoms with Gasteiger partial charge in [0.15, 0.2) is 5.84 Å². The van der Waals surface area contributed by atoms with E-state index in [9.17, 15) is 4.79 Å². The fourth-order valence-electron chi connectivity index (χ4n) is 1.24. The van der Waals surface area contributed by atoms with Gasteiger partial charge in [-0.2, -0.15) is 11.8 Å². The van der Waals surface area contributed by atoms with Gasteiger partial charge < -0.3 is 16.3 Å². The molecule has 0 saturated heterocycles. The van der Waals surface area contributed by atoms with E-state index >= 15 is 0 Å². The molecular formula is C10H21N3O2S. The summed E-state index contributed by atoms with van der Waals surface area (Å²) >= 11 is 1.66. The Morgan fingerprint density at radius 2 is 2.25 bits per heavy atom. The van der Waals surface area contributed by atoms with Gasteiger partial charge in [-0.3, -0.25) is 4.79 Å². The summed E-state index contributed by atoms with van der Waals surface area (Å²) in [6.45, 7) is 5.43. The van der Waals surface area contributed by atoms with Gasteiger partial charge in [-0.1, -0.05) is 12.1 Å². The molecule has 16 heavy (non-hydrogen) atoms. The molecule has 2 unspecified atom stereocenters. The van der Waals surface area contributed by atoms with Crippen molar-refractivity contribution < 1.29 is 10.0 Å². The number of thioether (sulfide) groups is 1. The molecule has 1 amide bonds. The van der Waals surface area contributed by atoms with Crippen LogP contribution in [-0.2, 0) is 4.79 Å². The van der Waals surface area contributed by atoms with E-state index in [1.807, 2.05) is 20.1 Å². The lowest BCUT2D eigenvalue weighted by Crippen LogP contribution is -2.50. The second-order valence-corrected chi connectivity index (χ2v) is 4.91. The van der Waals surface area contributed by atoms with E-state index in [4.69, 9.17) is 10.9 Å². The molecule has 0 saturated carbocycles. The summed E-state index contributed by atoms with van der Waals surface area (Å²) in [5.74, 6) is 0.581. The number of amides is 1. The Morgan fingerprint density at radius 3 is 2.62 bits per heavy atom. The van der Waals surface area contributed by atoms with Crippen molar-refractivity contribution in [1.29, 1.82) is 0 Å². The number of carbonyl (C=O) groups excluding carboxylic acids is 1. The number of rotatable bonds is 6. The number of carbonyl (C=O) groups is 1. The monoisotopic (exact) mass is 247 g/mol. The van der Waals surface area contributed by atoms with E-state index in [1.54, 1.807) is 18.7 Å². The molecule has 0 aromatic carbocycles. The van der Waals surface area contributed by atoms with Gasteiger partial charge in [0.2, 0.25) is 5.91 Å². The molecule has 0 bridgehead atoms. The number of hydrogen-bond acceptors (Lipinski definition) is 4. The maximum absolute atomic E-state index is 12.0. The summed E-state index contributed by atoms with van der Waals surface area (Å²) in [5.41, 5.74) is 4.60. The van der Waals surface area contributed by atoms with Crippen molar-refractivity contribution in [2.45, 2.75) is 33.2 Å². The third-order valence-electron chi connectivity index (χ3n) is 2.68. The van der Waals surface area contributed by atoms with Crippen molar-refractivity contribution in [2.75, 3.05) is 12.0 Å². The normalized spacial score (nSPS) is 17.6. The van der Waals surface area contributed by atoms with Crippen LogP contribution in [0.15, 0.2) is 5.16 Å². The van der Waals surface area contributed by atoms with Crippen molar-refractivity contribution in [3.05, 3.63) is 0 Å². The Hall–Kier alpha value is -0.910. The summed E-state index contributed by atoms with van der Waals surface area (Å²) in [5, 5.41) is 14.5. The van der Waals surface area contributed by atoms with Gasteiger partial charge >= 0.3 is 0 Å². The van der Waals surface area contributed by atoms with Gasteiger partial charge in [-0.25, -0.2) is 0 Å². The van der Waals surface area contributed by atoms with E-state index in [0.29, 0.717) is 6.42 Å². The maximum atomic E-state index is 12.0. The molecule has 0 spiro atoms. The SMILES string of the molecule is CCC(C)(C(=O)NC(C)CSC)C(N)=NO. The average molecular weight is 247 g/mol. The molecule has 5 nitrogen and oxygen atoms in total. The molecule has 0 fully saturated rings. The number of amidine groups is 1. The molecule has 0 aliphatic heterocycles. The van der Waals surface area contributed by atoms with Gasteiger partial charge in [-0.15, -0.1) is 0 Å². The van der Waals surface area contributed by atoms with Gasteiger partial charge in [-0.05, 0) is 26.5 Å². The Bertz CT molecular complexity index is 271. The Balaban J connectivity index is 4.66. The molecule has 2 atom stereocenters. The molecule has 94 valence electrons. The molecule has 6 heteroatoms. The van der Waals surface area contributed by atoms with Crippen molar-refractivity contribution in [1.82, 2.24) is 5.32 Å². The van der Waals surface area contributed by atoms with Crippen molar-refractivity contribution in [2.24, 2.45) is 16.3 Å². The first kappa shape index (κ1) is 15.1. The lowest BCUT2D eigenvalue weighted by Gasteiger charge is -2.27. The molecule has 0 aromatic rings. The van der Waals surface area contributed by atoms with Crippen LogP contribution in [0.2, 0.25) is 0 Å². The lowest BCUT2D eigenvalue weighted by atomic mass is 9.85. The van der Waals surface area contributed by atoms with Crippen LogP contribution < -0.4 is 11.1 Å². The standard InChI is InChI=1S/C10H21N3O2S/c1-5-10(3,8(11)13-15)9(14)12-7(2)6-16-4/h7,15H,5-6H2,1-4H3,(H2,11,13)(H,12,14). The summed E-state index contributed by atoms with van der Waals surface area (Å²) in [6, 6.07) is 0.0693. The molecule has 0 aliphatic carbocycles. The molecule has 0 aliphatic rings. The van der Waals surface area contributed by atoms with Gasteiger partial charge in [0.05, 0.1) is 0 Å². The Kier molecular flexibility index (Phi) is 6.25. The quantitative estimate of drug-likeness (QED) is 0.283. The second kappa shape index (κ2) is 6.62. The van der Waals surface area contributed by atoms with E-state index in [-0.39, 0.29) is 17.8 Å². The highest BCUT2D eigenvalue weighted by Gasteiger charge is 2.36. The highest BCUT2D eigenvalue weighted by atomic mass is 32.2. The minimum absolute atomic E-state index is 0.0520. The van der Waals surface area contributed by atoms with Crippen LogP contribution in [0, 0.1) is 5.41 Å². The maximum Gasteiger partial charge on any atom is 0.233 e. The number of oxime groups is 1. The zero-order valence-electron chi connectivity index (χ0n) is 10.3. The summed E-state index contributed by atoms with van der Waals surface area (Å²) in [6.07, 6.45) is 2.46. The molecule has 4 N–H and O–H groups in total. The number of hydrogen-bond donors (Lipinski definition) is 3. The zero-order valence-corrected chi connectivity index (χ0v) is 11.1. The van der Waals surface area contributed by atoms with Crippen LogP contribution in [0.3, 0.4) is 0 Å². The fourth-order valence-corrected chi connectivity index (χ4v) is 1.83.